The third-order valence-corrected chi connectivity index (χ3v) is 3.87. The summed E-state index contributed by atoms with van der Waals surface area (Å²) in [5.41, 5.74) is 0. The topological polar surface area (TPSA) is 49.4 Å². The van der Waals surface area contributed by atoms with Crippen LogP contribution in [0.15, 0.2) is 0 Å². The fraction of sp³-hybridized carbons (Fsp3) is 0.867. The highest BCUT2D eigenvalue weighted by atomic mass is 35.5. The molecule has 4 nitrogen and oxygen atoms in total. The van der Waals surface area contributed by atoms with E-state index in [4.69, 9.17) is 11.6 Å². The molecule has 5 heteroatoms. The van der Waals surface area contributed by atoms with Crippen LogP contribution in [0.5, 0.6) is 0 Å². The van der Waals surface area contributed by atoms with Gasteiger partial charge in [0.25, 0.3) is 0 Å². The van der Waals surface area contributed by atoms with E-state index in [-0.39, 0.29) is 11.9 Å². The summed E-state index contributed by atoms with van der Waals surface area (Å²) in [6.07, 6.45) is 10.3. The third-order valence-electron chi connectivity index (χ3n) is 3.69. The number of carbonyl (C=O) groups excluding carboxylic acids is 2. The third kappa shape index (κ3) is 6.60. The van der Waals surface area contributed by atoms with Crippen LogP contribution >= 0.6 is 11.6 Å². The van der Waals surface area contributed by atoms with Crippen LogP contribution < -0.4 is 5.32 Å². The molecule has 0 saturated carbocycles. The minimum atomic E-state index is -0.653. The summed E-state index contributed by atoms with van der Waals surface area (Å²) in [6.45, 7) is 2.73. The molecule has 0 aromatic heterocycles. The minimum absolute atomic E-state index is 0.292. The predicted molar refractivity (Wildman–Crippen MR) is 82.0 cm³/mol. The molecule has 1 aliphatic rings. The second-order valence-electron chi connectivity index (χ2n) is 5.52. The molecule has 20 heavy (non-hydrogen) atoms. The monoisotopic (exact) mass is 302 g/mol. The van der Waals surface area contributed by atoms with Crippen molar-refractivity contribution in [3.63, 3.8) is 0 Å². The van der Waals surface area contributed by atoms with Gasteiger partial charge in [0.1, 0.15) is 5.38 Å². The van der Waals surface area contributed by atoms with Crippen molar-refractivity contribution < 1.29 is 9.59 Å². The van der Waals surface area contributed by atoms with E-state index >= 15 is 0 Å². The molecule has 0 aromatic carbocycles. The van der Waals surface area contributed by atoms with Gasteiger partial charge < -0.3 is 5.32 Å². The van der Waals surface area contributed by atoms with Crippen molar-refractivity contribution in [2.45, 2.75) is 70.1 Å². The first-order valence-corrected chi connectivity index (χ1v) is 8.30. The molecule has 1 atom stereocenters. The summed E-state index contributed by atoms with van der Waals surface area (Å²) in [5.74, 6) is -0.295. The van der Waals surface area contributed by atoms with Crippen LogP contribution in [0.3, 0.4) is 0 Å². The van der Waals surface area contributed by atoms with Gasteiger partial charge in [0.05, 0.1) is 0 Å². The van der Waals surface area contributed by atoms with E-state index in [0.717, 1.165) is 25.7 Å². The van der Waals surface area contributed by atoms with E-state index in [1.165, 1.54) is 37.0 Å². The van der Waals surface area contributed by atoms with Crippen molar-refractivity contribution in [3.8, 4) is 0 Å². The second-order valence-corrected chi connectivity index (χ2v) is 6.17. The Kier molecular flexibility index (Phi) is 8.67. The van der Waals surface area contributed by atoms with E-state index in [0.29, 0.717) is 13.1 Å². The summed E-state index contributed by atoms with van der Waals surface area (Å²) in [5, 5.41) is 2.18. The molecule has 1 fully saturated rings. The van der Waals surface area contributed by atoms with Gasteiger partial charge in [-0.1, -0.05) is 44.9 Å². The molecule has 1 N–H and O–H groups in total. The average Bonchev–Trinajstić information content (AvgIpc) is 2.42. The molecule has 1 unspecified atom stereocenters. The smallest absolute Gasteiger partial charge is 0.324 e. The van der Waals surface area contributed by atoms with E-state index in [9.17, 15) is 9.59 Å². The Labute approximate surface area is 127 Å². The fourth-order valence-electron chi connectivity index (χ4n) is 2.45. The second kappa shape index (κ2) is 10.0. The summed E-state index contributed by atoms with van der Waals surface area (Å²) >= 11 is 5.83. The maximum atomic E-state index is 12.1. The number of halogens is 1. The number of imide groups is 1. The number of urea groups is 1. The Bertz CT molecular complexity index is 308. The van der Waals surface area contributed by atoms with Gasteiger partial charge in [-0.3, -0.25) is 9.69 Å². The summed E-state index contributed by atoms with van der Waals surface area (Å²) in [4.78, 5) is 25.3. The zero-order valence-electron chi connectivity index (χ0n) is 12.5. The van der Waals surface area contributed by atoms with Gasteiger partial charge in [0.2, 0.25) is 5.91 Å². The molecule has 3 amide bonds. The number of hydrogen-bond acceptors (Lipinski definition) is 2. The van der Waals surface area contributed by atoms with E-state index in [1.807, 2.05) is 0 Å². The number of nitrogens with one attached hydrogen (secondary N) is 1. The van der Waals surface area contributed by atoms with Crippen LogP contribution in [-0.4, -0.2) is 35.3 Å². The minimum Gasteiger partial charge on any atom is -0.338 e. The number of alkyl halides is 1. The Balaban J connectivity index is 2.54. The standard InChI is InChI=1S/C15H27ClN2O2/c1-13(16)14(19)18-12-10-8-6-4-2-3-5-7-9-11-17-15(18)20/h13H,2-12H2,1H3,(H,17,20). The lowest BCUT2D eigenvalue weighted by Crippen LogP contribution is -2.47. The number of amides is 3. The van der Waals surface area contributed by atoms with Gasteiger partial charge in [-0.25, -0.2) is 4.79 Å². The van der Waals surface area contributed by atoms with Crippen molar-refractivity contribution in [1.82, 2.24) is 10.2 Å². The number of rotatable bonds is 1. The Morgan fingerprint density at radius 3 is 2.10 bits per heavy atom. The number of hydrogen-bond donors (Lipinski definition) is 1. The number of carbonyl (C=O) groups is 2. The Morgan fingerprint density at radius 2 is 1.55 bits per heavy atom. The zero-order chi connectivity index (χ0) is 14.8. The van der Waals surface area contributed by atoms with Crippen LogP contribution in [0.4, 0.5) is 4.79 Å². The maximum Gasteiger partial charge on any atom is 0.324 e. The number of nitrogens with zero attached hydrogens (tertiary/aromatic N) is 1. The lowest BCUT2D eigenvalue weighted by atomic mass is 10.1. The first kappa shape index (κ1) is 17.3. The highest BCUT2D eigenvalue weighted by Crippen LogP contribution is 2.12. The molecule has 116 valence electrons. The average molecular weight is 303 g/mol. The van der Waals surface area contributed by atoms with Crippen molar-refractivity contribution in [2.75, 3.05) is 13.1 Å². The van der Waals surface area contributed by atoms with Crippen LogP contribution in [-0.2, 0) is 4.79 Å². The molecule has 0 spiro atoms. The van der Waals surface area contributed by atoms with Crippen LogP contribution in [0.1, 0.15) is 64.7 Å². The lowest BCUT2D eigenvalue weighted by Gasteiger charge is -2.22. The quantitative estimate of drug-likeness (QED) is 0.751. The van der Waals surface area contributed by atoms with E-state index in [2.05, 4.69) is 5.32 Å². The highest BCUT2D eigenvalue weighted by Gasteiger charge is 2.24. The van der Waals surface area contributed by atoms with E-state index < -0.39 is 5.38 Å². The maximum absolute atomic E-state index is 12.1. The molecule has 0 aliphatic carbocycles. The molecule has 1 aliphatic heterocycles. The van der Waals surface area contributed by atoms with E-state index in [1.54, 1.807) is 6.92 Å². The normalized spacial score (nSPS) is 21.7. The van der Waals surface area contributed by atoms with Crippen molar-refractivity contribution in [2.24, 2.45) is 0 Å². The zero-order valence-corrected chi connectivity index (χ0v) is 13.3. The molecule has 0 aromatic rings. The van der Waals surface area contributed by atoms with Crippen molar-refractivity contribution >= 4 is 23.5 Å². The molecule has 0 bridgehead atoms. The molecular weight excluding hydrogens is 276 g/mol. The molecule has 0 radical (unpaired) electrons. The van der Waals surface area contributed by atoms with Gasteiger partial charge in [-0.05, 0) is 19.8 Å². The van der Waals surface area contributed by atoms with Crippen molar-refractivity contribution in [1.29, 1.82) is 0 Å². The SMILES string of the molecule is CC(Cl)C(=O)N1CCCCCCCCCCCNC1=O. The van der Waals surface area contributed by atoms with Gasteiger partial charge >= 0.3 is 6.03 Å². The molecule has 1 rings (SSSR count). The lowest BCUT2D eigenvalue weighted by molar-refractivity contribution is -0.127. The van der Waals surface area contributed by atoms with Gasteiger partial charge in [-0.2, -0.15) is 0 Å². The van der Waals surface area contributed by atoms with Gasteiger partial charge in [0, 0.05) is 13.1 Å². The Hall–Kier alpha value is -0.770. The largest absolute Gasteiger partial charge is 0.338 e. The molecule has 1 heterocycles. The fourth-order valence-corrected chi connectivity index (χ4v) is 2.57. The Morgan fingerprint density at radius 1 is 1.05 bits per heavy atom. The van der Waals surface area contributed by atoms with Crippen LogP contribution in [0, 0.1) is 0 Å². The predicted octanol–water partition coefficient (Wildman–Crippen LogP) is 3.68. The van der Waals surface area contributed by atoms with Crippen LogP contribution in [0.25, 0.3) is 0 Å². The highest BCUT2D eigenvalue weighted by molar-refractivity contribution is 6.31. The summed E-state index contributed by atoms with van der Waals surface area (Å²) in [6, 6.07) is -0.292. The summed E-state index contributed by atoms with van der Waals surface area (Å²) in [7, 11) is 0. The van der Waals surface area contributed by atoms with Gasteiger partial charge in [0.15, 0.2) is 0 Å². The molecular formula is C15H27ClN2O2. The summed E-state index contributed by atoms with van der Waals surface area (Å²) < 4.78 is 0. The first-order valence-electron chi connectivity index (χ1n) is 7.86. The van der Waals surface area contributed by atoms with Crippen molar-refractivity contribution in [3.05, 3.63) is 0 Å². The van der Waals surface area contributed by atoms with Crippen LogP contribution in [0.2, 0.25) is 0 Å². The van der Waals surface area contributed by atoms with Gasteiger partial charge in [-0.15, -0.1) is 11.6 Å². The first-order chi connectivity index (χ1) is 9.63. The molecule has 1 saturated heterocycles.